The van der Waals surface area contributed by atoms with Crippen LogP contribution in [0.4, 0.5) is 14.9 Å². The molecule has 6 heteroatoms. The van der Waals surface area contributed by atoms with Crippen molar-refractivity contribution >= 4 is 45.4 Å². The van der Waals surface area contributed by atoms with Crippen molar-refractivity contribution in [1.82, 2.24) is 4.90 Å². The van der Waals surface area contributed by atoms with E-state index in [1.165, 1.54) is 17.0 Å². The fourth-order valence-electron chi connectivity index (χ4n) is 4.18. The molecule has 0 N–H and O–H groups in total. The summed E-state index contributed by atoms with van der Waals surface area (Å²) >= 11 is 0.861. The Morgan fingerprint density at radius 3 is 2.55 bits per heavy atom. The summed E-state index contributed by atoms with van der Waals surface area (Å²) in [6.45, 7) is 2.07. The normalized spacial score (nSPS) is 18.0. The predicted octanol–water partition coefficient (Wildman–Crippen LogP) is 5.82. The first-order valence-corrected chi connectivity index (χ1v) is 11.2. The number of anilines is 1. The molecule has 31 heavy (non-hydrogen) atoms. The highest BCUT2D eigenvalue weighted by atomic mass is 32.2. The topological polar surface area (TPSA) is 40.6 Å². The number of benzene rings is 3. The molecule has 0 bridgehead atoms. The van der Waals surface area contributed by atoms with E-state index >= 15 is 0 Å². The minimum Gasteiger partial charge on any atom is -0.371 e. The van der Waals surface area contributed by atoms with Gasteiger partial charge in [-0.1, -0.05) is 42.5 Å². The molecule has 2 amide bonds. The van der Waals surface area contributed by atoms with Gasteiger partial charge in [0.15, 0.2) is 0 Å². The molecule has 0 aliphatic carbocycles. The van der Waals surface area contributed by atoms with E-state index in [4.69, 9.17) is 0 Å². The molecule has 0 radical (unpaired) electrons. The number of hydrogen-bond acceptors (Lipinski definition) is 4. The molecule has 2 fully saturated rings. The van der Waals surface area contributed by atoms with Gasteiger partial charge in [-0.15, -0.1) is 0 Å². The predicted molar refractivity (Wildman–Crippen MR) is 123 cm³/mol. The summed E-state index contributed by atoms with van der Waals surface area (Å²) in [4.78, 5) is 29.1. The molecule has 5 rings (SSSR count). The number of amides is 2. The van der Waals surface area contributed by atoms with Crippen LogP contribution in [0.25, 0.3) is 16.8 Å². The van der Waals surface area contributed by atoms with Crippen LogP contribution in [-0.4, -0.2) is 29.1 Å². The van der Waals surface area contributed by atoms with Gasteiger partial charge in [-0.05, 0) is 65.2 Å². The lowest BCUT2D eigenvalue weighted by Gasteiger charge is -2.17. The third-order valence-electron chi connectivity index (χ3n) is 5.82. The van der Waals surface area contributed by atoms with Crippen molar-refractivity contribution < 1.29 is 14.0 Å². The Morgan fingerprint density at radius 2 is 1.74 bits per heavy atom. The lowest BCUT2D eigenvalue weighted by atomic mass is 10.0. The summed E-state index contributed by atoms with van der Waals surface area (Å²) in [5, 5.41) is 1.73. The zero-order chi connectivity index (χ0) is 21.4. The second-order valence-corrected chi connectivity index (χ2v) is 8.80. The lowest BCUT2D eigenvalue weighted by molar-refractivity contribution is -0.123. The molecular formula is C25H21FN2O2S. The van der Waals surface area contributed by atoms with Gasteiger partial charge in [-0.3, -0.25) is 14.5 Å². The molecule has 0 spiro atoms. The number of imide groups is 1. The summed E-state index contributed by atoms with van der Waals surface area (Å²) in [6, 6.07) is 18.8. The molecule has 156 valence electrons. The van der Waals surface area contributed by atoms with Gasteiger partial charge in [-0.25, -0.2) is 4.39 Å². The zero-order valence-electron chi connectivity index (χ0n) is 16.9. The number of thioether (sulfide) groups is 1. The van der Waals surface area contributed by atoms with E-state index in [1.54, 1.807) is 6.07 Å². The SMILES string of the molecule is O=C1S/C(=C/c2ccc(N3CCCC3)cc2F)C(=O)N1Cc1cccc2ccccc12. The number of carbonyl (C=O) groups is 2. The van der Waals surface area contributed by atoms with Gasteiger partial charge in [0, 0.05) is 24.3 Å². The highest BCUT2D eigenvalue weighted by molar-refractivity contribution is 8.18. The second-order valence-electron chi connectivity index (χ2n) is 7.81. The van der Waals surface area contributed by atoms with Gasteiger partial charge in [0.1, 0.15) is 5.82 Å². The molecule has 0 aromatic heterocycles. The van der Waals surface area contributed by atoms with Gasteiger partial charge in [0.05, 0.1) is 11.4 Å². The Labute approximate surface area is 184 Å². The fraction of sp³-hybridized carbons (Fsp3) is 0.200. The number of rotatable bonds is 4. The van der Waals surface area contributed by atoms with E-state index in [0.717, 1.165) is 59.7 Å². The van der Waals surface area contributed by atoms with E-state index in [0.29, 0.717) is 5.56 Å². The third-order valence-corrected chi connectivity index (χ3v) is 6.73. The zero-order valence-corrected chi connectivity index (χ0v) is 17.7. The number of fused-ring (bicyclic) bond motifs is 1. The molecule has 3 aromatic rings. The van der Waals surface area contributed by atoms with Crippen molar-refractivity contribution in [3.05, 3.63) is 82.5 Å². The molecule has 0 atom stereocenters. The maximum absolute atomic E-state index is 14.7. The van der Waals surface area contributed by atoms with Gasteiger partial charge in [0.2, 0.25) is 0 Å². The highest BCUT2D eigenvalue weighted by Gasteiger charge is 2.35. The Hall–Kier alpha value is -3.12. The van der Waals surface area contributed by atoms with Crippen molar-refractivity contribution in [2.24, 2.45) is 0 Å². The van der Waals surface area contributed by atoms with Crippen molar-refractivity contribution in [2.45, 2.75) is 19.4 Å². The van der Waals surface area contributed by atoms with Crippen LogP contribution < -0.4 is 4.90 Å². The molecule has 0 saturated carbocycles. The average molecular weight is 433 g/mol. The van der Waals surface area contributed by atoms with E-state index in [2.05, 4.69) is 4.90 Å². The molecule has 3 aromatic carbocycles. The minimum atomic E-state index is -0.384. The largest absolute Gasteiger partial charge is 0.371 e. The van der Waals surface area contributed by atoms with Crippen LogP contribution in [0.2, 0.25) is 0 Å². The Kier molecular flexibility index (Phi) is 5.24. The summed E-state index contributed by atoms with van der Waals surface area (Å²) < 4.78 is 14.7. The van der Waals surface area contributed by atoms with E-state index in [9.17, 15) is 14.0 Å². The van der Waals surface area contributed by atoms with Gasteiger partial charge in [0.25, 0.3) is 11.1 Å². The second kappa shape index (κ2) is 8.19. The number of hydrogen-bond donors (Lipinski definition) is 0. The van der Waals surface area contributed by atoms with Gasteiger partial charge in [-0.2, -0.15) is 0 Å². The first-order valence-electron chi connectivity index (χ1n) is 10.4. The van der Waals surface area contributed by atoms with Crippen LogP contribution in [0, 0.1) is 5.82 Å². The van der Waals surface area contributed by atoms with Gasteiger partial charge < -0.3 is 4.90 Å². The standard InChI is InChI=1S/C25H21FN2O2S/c26-22-15-20(27-12-3-4-13-27)11-10-18(22)14-23-24(29)28(25(30)31-23)16-19-8-5-7-17-6-1-2-9-21(17)19/h1-2,5-11,14-15H,3-4,12-13,16H2/b23-14+. The molecule has 4 nitrogen and oxygen atoms in total. The van der Waals surface area contributed by atoms with E-state index in [1.807, 2.05) is 48.5 Å². The Morgan fingerprint density at radius 1 is 0.968 bits per heavy atom. The highest BCUT2D eigenvalue weighted by Crippen LogP contribution is 2.35. The monoisotopic (exact) mass is 432 g/mol. The first kappa shape index (κ1) is 19.8. The van der Waals surface area contributed by atoms with Crippen LogP contribution in [-0.2, 0) is 11.3 Å². The first-order chi connectivity index (χ1) is 15.1. The summed E-state index contributed by atoms with van der Waals surface area (Å²) in [5.41, 5.74) is 2.08. The molecule has 2 aliphatic rings. The molecular weight excluding hydrogens is 411 g/mol. The Bertz CT molecular complexity index is 1210. The molecule has 2 saturated heterocycles. The van der Waals surface area contributed by atoms with Crippen molar-refractivity contribution in [1.29, 1.82) is 0 Å². The number of halogens is 1. The van der Waals surface area contributed by atoms with Crippen LogP contribution >= 0.6 is 11.8 Å². The third kappa shape index (κ3) is 3.83. The Balaban J connectivity index is 1.39. The van der Waals surface area contributed by atoms with Crippen LogP contribution in [0.1, 0.15) is 24.0 Å². The quantitative estimate of drug-likeness (QED) is 0.488. The van der Waals surface area contributed by atoms with Crippen LogP contribution in [0.5, 0.6) is 0 Å². The van der Waals surface area contributed by atoms with E-state index < -0.39 is 0 Å². The number of carbonyl (C=O) groups excluding carboxylic acids is 2. The van der Waals surface area contributed by atoms with Crippen molar-refractivity contribution in [3.63, 3.8) is 0 Å². The summed E-state index contributed by atoms with van der Waals surface area (Å²) in [5.74, 6) is -0.767. The van der Waals surface area contributed by atoms with Crippen LogP contribution in [0.3, 0.4) is 0 Å². The number of nitrogens with zero attached hydrogens (tertiary/aromatic N) is 2. The molecule has 2 heterocycles. The smallest absolute Gasteiger partial charge is 0.293 e. The summed E-state index contributed by atoms with van der Waals surface area (Å²) in [7, 11) is 0. The molecule has 2 aliphatic heterocycles. The summed E-state index contributed by atoms with van der Waals surface area (Å²) in [6.07, 6.45) is 3.72. The maximum atomic E-state index is 14.7. The average Bonchev–Trinajstić information content (AvgIpc) is 3.40. The van der Waals surface area contributed by atoms with Crippen molar-refractivity contribution in [3.8, 4) is 0 Å². The maximum Gasteiger partial charge on any atom is 0.293 e. The van der Waals surface area contributed by atoms with Gasteiger partial charge >= 0.3 is 0 Å². The fourth-order valence-corrected chi connectivity index (χ4v) is 5.01. The minimum absolute atomic E-state index is 0.194. The van der Waals surface area contributed by atoms with Crippen LogP contribution in [0.15, 0.2) is 65.6 Å². The lowest BCUT2D eigenvalue weighted by Crippen LogP contribution is -2.27. The molecule has 0 unspecified atom stereocenters. The van der Waals surface area contributed by atoms with E-state index in [-0.39, 0.29) is 28.4 Å². The van der Waals surface area contributed by atoms with Crippen molar-refractivity contribution in [2.75, 3.05) is 18.0 Å².